The molecule has 1 fully saturated rings. The van der Waals surface area contributed by atoms with E-state index in [2.05, 4.69) is 10.6 Å². The van der Waals surface area contributed by atoms with Gasteiger partial charge < -0.3 is 20.3 Å². The average molecular weight is 417 g/mol. The first-order chi connectivity index (χ1) is 15.0. The highest BCUT2D eigenvalue weighted by Gasteiger charge is 2.35. The van der Waals surface area contributed by atoms with Gasteiger partial charge in [-0.3, -0.25) is 14.4 Å². The quantitative estimate of drug-likeness (QED) is 0.643. The minimum Gasteiger partial charge on any atom is -0.375 e. The predicted octanol–water partition coefficient (Wildman–Crippen LogP) is 3.42. The van der Waals surface area contributed by atoms with Crippen LogP contribution in [0, 0.1) is 5.92 Å². The standard InChI is InChI=1S/C24H23N3O4/c1-31-15-22(28)25-18-9-11-19(12-10-18)26-24(30)17-13-23(29)27(14-17)21-8-4-6-16-5-2-3-7-20(16)21/h2-12,17H,13-15H2,1H3,(H,25,28)(H,26,30). The number of hydrogen-bond acceptors (Lipinski definition) is 4. The Morgan fingerprint density at radius 2 is 1.65 bits per heavy atom. The summed E-state index contributed by atoms with van der Waals surface area (Å²) in [7, 11) is 1.45. The van der Waals surface area contributed by atoms with Crippen molar-refractivity contribution in [1.29, 1.82) is 0 Å². The number of carbonyl (C=O) groups excluding carboxylic acids is 3. The Labute approximate surface area is 180 Å². The lowest BCUT2D eigenvalue weighted by Crippen LogP contribution is -2.28. The first-order valence-electron chi connectivity index (χ1n) is 10.0. The van der Waals surface area contributed by atoms with Gasteiger partial charge in [0.1, 0.15) is 6.61 Å². The van der Waals surface area contributed by atoms with Gasteiger partial charge in [-0.1, -0.05) is 36.4 Å². The molecule has 7 nitrogen and oxygen atoms in total. The maximum Gasteiger partial charge on any atom is 0.250 e. The normalized spacial score (nSPS) is 15.8. The van der Waals surface area contributed by atoms with Gasteiger partial charge in [-0.25, -0.2) is 0 Å². The van der Waals surface area contributed by atoms with Gasteiger partial charge >= 0.3 is 0 Å². The number of carbonyl (C=O) groups is 3. The van der Waals surface area contributed by atoms with Crippen LogP contribution in [0.1, 0.15) is 6.42 Å². The van der Waals surface area contributed by atoms with Crippen LogP contribution < -0.4 is 15.5 Å². The van der Waals surface area contributed by atoms with Crippen LogP contribution in [0.15, 0.2) is 66.7 Å². The molecule has 1 aliphatic rings. The van der Waals surface area contributed by atoms with Crippen molar-refractivity contribution in [1.82, 2.24) is 0 Å². The summed E-state index contributed by atoms with van der Waals surface area (Å²) in [4.78, 5) is 38.7. The molecule has 4 rings (SSSR count). The summed E-state index contributed by atoms with van der Waals surface area (Å²) in [5, 5.41) is 7.60. The van der Waals surface area contributed by atoms with Crippen molar-refractivity contribution >= 4 is 45.6 Å². The number of amides is 3. The smallest absolute Gasteiger partial charge is 0.250 e. The third-order valence-corrected chi connectivity index (χ3v) is 5.26. The molecule has 31 heavy (non-hydrogen) atoms. The van der Waals surface area contributed by atoms with Crippen LogP contribution in [0.4, 0.5) is 17.1 Å². The molecular weight excluding hydrogens is 394 g/mol. The molecular formula is C24H23N3O4. The maximum absolute atomic E-state index is 12.8. The Bertz CT molecular complexity index is 1120. The first-order valence-corrected chi connectivity index (χ1v) is 10.0. The van der Waals surface area contributed by atoms with E-state index in [1.165, 1.54) is 7.11 Å². The Hall–Kier alpha value is -3.71. The number of hydrogen-bond donors (Lipinski definition) is 2. The van der Waals surface area contributed by atoms with Gasteiger partial charge in [-0.2, -0.15) is 0 Å². The Morgan fingerprint density at radius 1 is 0.968 bits per heavy atom. The van der Waals surface area contributed by atoms with Crippen molar-refractivity contribution in [3.63, 3.8) is 0 Å². The van der Waals surface area contributed by atoms with Crippen LogP contribution in [0.3, 0.4) is 0 Å². The molecule has 1 unspecified atom stereocenters. The van der Waals surface area contributed by atoms with Crippen molar-refractivity contribution in [2.24, 2.45) is 5.92 Å². The number of methoxy groups -OCH3 is 1. The number of ether oxygens (including phenoxy) is 1. The molecule has 3 aromatic carbocycles. The monoisotopic (exact) mass is 417 g/mol. The van der Waals surface area contributed by atoms with Gasteiger partial charge in [0.25, 0.3) is 0 Å². The maximum atomic E-state index is 12.8. The highest BCUT2D eigenvalue weighted by atomic mass is 16.5. The van der Waals surface area contributed by atoms with Crippen molar-refractivity contribution in [3.05, 3.63) is 66.7 Å². The Balaban J connectivity index is 1.42. The molecule has 0 bridgehead atoms. The molecule has 1 atom stereocenters. The first kappa shape index (κ1) is 20.6. The van der Waals surface area contributed by atoms with E-state index in [4.69, 9.17) is 4.74 Å². The van der Waals surface area contributed by atoms with Gasteiger partial charge in [-0.15, -0.1) is 0 Å². The van der Waals surface area contributed by atoms with Crippen LogP contribution in [0.25, 0.3) is 10.8 Å². The minimum absolute atomic E-state index is 0.0264. The highest BCUT2D eigenvalue weighted by Crippen LogP contribution is 2.32. The SMILES string of the molecule is COCC(=O)Nc1ccc(NC(=O)C2CC(=O)N(c3cccc4ccccc34)C2)cc1. The van der Waals surface area contributed by atoms with E-state index in [0.717, 1.165) is 16.5 Å². The van der Waals surface area contributed by atoms with Crippen LogP contribution >= 0.6 is 0 Å². The zero-order chi connectivity index (χ0) is 21.8. The lowest BCUT2D eigenvalue weighted by atomic mass is 10.1. The van der Waals surface area contributed by atoms with E-state index in [0.29, 0.717) is 17.9 Å². The highest BCUT2D eigenvalue weighted by molar-refractivity contribution is 6.08. The van der Waals surface area contributed by atoms with Crippen LogP contribution in [-0.2, 0) is 19.1 Å². The molecule has 0 radical (unpaired) electrons. The van der Waals surface area contributed by atoms with Crippen LogP contribution in [0.2, 0.25) is 0 Å². The molecule has 2 N–H and O–H groups in total. The molecule has 0 saturated carbocycles. The molecule has 7 heteroatoms. The molecule has 3 aromatic rings. The molecule has 0 aromatic heterocycles. The number of benzene rings is 3. The number of fused-ring (bicyclic) bond motifs is 1. The molecule has 1 heterocycles. The largest absolute Gasteiger partial charge is 0.375 e. The van der Waals surface area contributed by atoms with E-state index in [1.54, 1.807) is 29.2 Å². The molecule has 1 aliphatic heterocycles. The number of nitrogens with zero attached hydrogens (tertiary/aromatic N) is 1. The van der Waals surface area contributed by atoms with Gasteiger partial charge in [0.15, 0.2) is 0 Å². The van der Waals surface area contributed by atoms with Gasteiger partial charge in [0, 0.05) is 36.8 Å². The minimum atomic E-state index is -0.437. The molecule has 0 spiro atoms. The number of anilines is 3. The zero-order valence-electron chi connectivity index (χ0n) is 17.1. The Kier molecular flexibility index (Phi) is 5.95. The van der Waals surface area contributed by atoms with Crippen LogP contribution in [0.5, 0.6) is 0 Å². The third-order valence-electron chi connectivity index (χ3n) is 5.26. The van der Waals surface area contributed by atoms with Gasteiger partial charge in [0.05, 0.1) is 11.6 Å². The fourth-order valence-corrected chi connectivity index (χ4v) is 3.77. The molecule has 3 amide bonds. The Morgan fingerprint density at radius 3 is 2.39 bits per heavy atom. The van der Waals surface area contributed by atoms with E-state index in [-0.39, 0.29) is 30.7 Å². The molecule has 0 aliphatic carbocycles. The number of nitrogens with one attached hydrogen (secondary N) is 2. The summed E-state index contributed by atoms with van der Waals surface area (Å²) in [5.74, 6) is -0.954. The molecule has 158 valence electrons. The summed E-state index contributed by atoms with van der Waals surface area (Å²) in [6, 6.07) is 20.5. The summed E-state index contributed by atoms with van der Waals surface area (Å²) in [6.45, 7) is 0.311. The van der Waals surface area contributed by atoms with E-state index >= 15 is 0 Å². The van der Waals surface area contributed by atoms with E-state index < -0.39 is 5.92 Å². The summed E-state index contributed by atoms with van der Waals surface area (Å²) in [5.41, 5.74) is 2.04. The van der Waals surface area contributed by atoms with E-state index in [9.17, 15) is 14.4 Å². The fraction of sp³-hybridized carbons (Fsp3) is 0.208. The van der Waals surface area contributed by atoms with Crippen molar-refractivity contribution < 1.29 is 19.1 Å². The van der Waals surface area contributed by atoms with Gasteiger partial charge in [-0.05, 0) is 35.7 Å². The lowest BCUT2D eigenvalue weighted by Gasteiger charge is -2.19. The zero-order valence-corrected chi connectivity index (χ0v) is 17.1. The number of rotatable bonds is 6. The fourth-order valence-electron chi connectivity index (χ4n) is 3.77. The lowest BCUT2D eigenvalue weighted by molar-refractivity contribution is -0.122. The topological polar surface area (TPSA) is 87.7 Å². The van der Waals surface area contributed by atoms with Crippen molar-refractivity contribution in [2.75, 3.05) is 35.8 Å². The van der Waals surface area contributed by atoms with E-state index in [1.807, 2.05) is 42.5 Å². The van der Waals surface area contributed by atoms with Crippen molar-refractivity contribution in [3.8, 4) is 0 Å². The second-order valence-electron chi connectivity index (χ2n) is 7.45. The average Bonchev–Trinajstić information content (AvgIpc) is 3.16. The third kappa shape index (κ3) is 4.57. The second kappa shape index (κ2) is 8.97. The summed E-state index contributed by atoms with van der Waals surface area (Å²) >= 11 is 0. The van der Waals surface area contributed by atoms with Crippen LogP contribution in [-0.4, -0.2) is 38.0 Å². The summed E-state index contributed by atoms with van der Waals surface area (Å²) in [6.07, 6.45) is 0.167. The molecule has 1 saturated heterocycles. The predicted molar refractivity (Wildman–Crippen MR) is 120 cm³/mol. The summed E-state index contributed by atoms with van der Waals surface area (Å²) < 4.78 is 4.78. The van der Waals surface area contributed by atoms with Crippen molar-refractivity contribution in [2.45, 2.75) is 6.42 Å². The second-order valence-corrected chi connectivity index (χ2v) is 7.45. The van der Waals surface area contributed by atoms with Gasteiger partial charge in [0.2, 0.25) is 17.7 Å².